The predicted molar refractivity (Wildman–Crippen MR) is 72.3 cm³/mol. The summed E-state index contributed by atoms with van der Waals surface area (Å²) < 4.78 is 5.98. The van der Waals surface area contributed by atoms with Crippen molar-refractivity contribution in [3.05, 3.63) is 0 Å². The molecule has 2 unspecified atom stereocenters. The summed E-state index contributed by atoms with van der Waals surface area (Å²) >= 11 is 0. The summed E-state index contributed by atoms with van der Waals surface area (Å²) in [5, 5.41) is 0. The molecule has 0 spiro atoms. The van der Waals surface area contributed by atoms with E-state index in [0.717, 1.165) is 5.82 Å². The first-order valence-corrected chi connectivity index (χ1v) is 7.17. The first-order valence-electron chi connectivity index (χ1n) is 7.17. The normalized spacial score (nSPS) is 29.0. The summed E-state index contributed by atoms with van der Waals surface area (Å²) in [7, 11) is 2.40. The van der Waals surface area contributed by atoms with Gasteiger partial charge in [-0.15, -0.1) is 0 Å². The van der Waals surface area contributed by atoms with E-state index in [9.17, 15) is 0 Å². The standard InChI is InChI=1S/C14H28BO/c1-12(2)16-14-10-6-4-5-8-13(15-3)9-7-11-14/h12-14H,4-11H2,1-3H3. The zero-order chi connectivity index (χ0) is 11.8. The van der Waals surface area contributed by atoms with E-state index in [1.165, 1.54) is 51.4 Å². The van der Waals surface area contributed by atoms with Crippen molar-refractivity contribution in [1.29, 1.82) is 0 Å². The maximum Gasteiger partial charge on any atom is 0.110 e. The quantitative estimate of drug-likeness (QED) is 0.642. The number of hydrogen-bond acceptors (Lipinski definition) is 1. The van der Waals surface area contributed by atoms with Crippen LogP contribution >= 0.6 is 0 Å². The maximum absolute atomic E-state index is 5.98. The van der Waals surface area contributed by atoms with Gasteiger partial charge in [0, 0.05) is 0 Å². The molecule has 16 heavy (non-hydrogen) atoms. The lowest BCUT2D eigenvalue weighted by Gasteiger charge is -2.23. The summed E-state index contributed by atoms with van der Waals surface area (Å²) in [6.45, 7) is 6.53. The molecule has 0 aromatic rings. The van der Waals surface area contributed by atoms with Gasteiger partial charge in [0.25, 0.3) is 0 Å². The van der Waals surface area contributed by atoms with Crippen molar-refractivity contribution in [3.63, 3.8) is 0 Å². The third kappa shape index (κ3) is 5.93. The van der Waals surface area contributed by atoms with Crippen LogP contribution in [0.2, 0.25) is 12.6 Å². The second-order valence-electron chi connectivity index (χ2n) is 5.47. The highest BCUT2D eigenvalue weighted by atomic mass is 16.5. The van der Waals surface area contributed by atoms with E-state index in [1.54, 1.807) is 0 Å². The number of rotatable bonds is 3. The molecular weight excluding hydrogens is 195 g/mol. The van der Waals surface area contributed by atoms with Gasteiger partial charge in [-0.2, -0.15) is 0 Å². The summed E-state index contributed by atoms with van der Waals surface area (Å²) in [6.07, 6.45) is 11.7. The van der Waals surface area contributed by atoms with Gasteiger partial charge in [-0.05, 0) is 26.7 Å². The number of hydrogen-bond donors (Lipinski definition) is 0. The van der Waals surface area contributed by atoms with E-state index < -0.39 is 0 Å². The Hall–Kier alpha value is 0.0249. The molecule has 93 valence electrons. The molecule has 0 saturated heterocycles. The van der Waals surface area contributed by atoms with E-state index in [1.807, 2.05) is 0 Å². The molecule has 0 N–H and O–H groups in total. The molecule has 0 aromatic heterocycles. The Morgan fingerprint density at radius 2 is 1.56 bits per heavy atom. The van der Waals surface area contributed by atoms with E-state index in [-0.39, 0.29) is 0 Å². The van der Waals surface area contributed by atoms with Gasteiger partial charge in [0.2, 0.25) is 0 Å². The van der Waals surface area contributed by atoms with Gasteiger partial charge in [-0.3, -0.25) is 0 Å². The molecule has 2 heteroatoms. The van der Waals surface area contributed by atoms with Crippen LogP contribution in [0.4, 0.5) is 0 Å². The highest BCUT2D eigenvalue weighted by molar-refractivity contribution is 6.35. The molecule has 1 nitrogen and oxygen atoms in total. The molecule has 2 atom stereocenters. The molecule has 1 rings (SSSR count). The minimum Gasteiger partial charge on any atom is -0.376 e. The van der Waals surface area contributed by atoms with Gasteiger partial charge < -0.3 is 4.74 Å². The molecular formula is C14H28BO. The predicted octanol–water partition coefficient (Wildman–Crippen LogP) is 4.46. The van der Waals surface area contributed by atoms with Crippen LogP contribution < -0.4 is 0 Å². The Morgan fingerprint density at radius 1 is 0.938 bits per heavy atom. The summed E-state index contributed by atoms with van der Waals surface area (Å²) in [5.41, 5.74) is 0. The van der Waals surface area contributed by atoms with Crippen LogP contribution in [0.15, 0.2) is 0 Å². The average molecular weight is 223 g/mol. The van der Waals surface area contributed by atoms with Crippen molar-refractivity contribution in [3.8, 4) is 0 Å². The lowest BCUT2D eigenvalue weighted by molar-refractivity contribution is -0.00445. The van der Waals surface area contributed by atoms with Gasteiger partial charge in [0.15, 0.2) is 0 Å². The zero-order valence-corrected chi connectivity index (χ0v) is 11.4. The average Bonchev–Trinajstić information content (AvgIpc) is 2.25. The van der Waals surface area contributed by atoms with Gasteiger partial charge in [0.05, 0.1) is 12.2 Å². The third-order valence-electron chi connectivity index (χ3n) is 3.64. The van der Waals surface area contributed by atoms with Gasteiger partial charge in [-0.1, -0.05) is 51.2 Å². The summed E-state index contributed by atoms with van der Waals surface area (Å²) in [5.74, 6) is 0.859. The lowest BCUT2D eigenvalue weighted by Crippen LogP contribution is -2.19. The largest absolute Gasteiger partial charge is 0.376 e. The van der Waals surface area contributed by atoms with Crippen LogP contribution in [0, 0.1) is 0 Å². The second-order valence-corrected chi connectivity index (χ2v) is 5.47. The first-order chi connectivity index (χ1) is 7.72. The molecule has 0 aromatic carbocycles. The molecule has 1 radical (unpaired) electrons. The van der Waals surface area contributed by atoms with Crippen LogP contribution in [-0.4, -0.2) is 19.5 Å². The minimum absolute atomic E-state index is 0.390. The molecule has 1 fully saturated rings. The van der Waals surface area contributed by atoms with Crippen LogP contribution in [-0.2, 0) is 4.74 Å². The third-order valence-corrected chi connectivity index (χ3v) is 3.64. The van der Waals surface area contributed by atoms with Crippen LogP contribution in [0.3, 0.4) is 0 Å². The Morgan fingerprint density at radius 3 is 2.25 bits per heavy atom. The minimum atomic E-state index is 0.390. The monoisotopic (exact) mass is 223 g/mol. The Labute approximate surface area is 103 Å². The van der Waals surface area contributed by atoms with Crippen molar-refractivity contribution in [2.45, 2.75) is 90.1 Å². The van der Waals surface area contributed by atoms with E-state index in [0.29, 0.717) is 12.2 Å². The SMILES string of the molecule is C[B]C1CCCCCC(OC(C)C)CCC1. The van der Waals surface area contributed by atoms with Crippen molar-refractivity contribution in [2.24, 2.45) is 0 Å². The Kier molecular flexibility index (Phi) is 7.19. The van der Waals surface area contributed by atoms with E-state index in [4.69, 9.17) is 4.74 Å². The van der Waals surface area contributed by atoms with E-state index in [2.05, 4.69) is 28.0 Å². The fraction of sp³-hybridized carbons (Fsp3) is 1.00. The Balaban J connectivity index is 2.33. The maximum atomic E-state index is 5.98. The lowest BCUT2D eigenvalue weighted by atomic mass is 9.62. The van der Waals surface area contributed by atoms with Gasteiger partial charge in [0.1, 0.15) is 7.28 Å². The van der Waals surface area contributed by atoms with Crippen molar-refractivity contribution in [1.82, 2.24) is 0 Å². The Bertz CT molecular complexity index is 170. The highest BCUT2D eigenvalue weighted by Gasteiger charge is 2.15. The smallest absolute Gasteiger partial charge is 0.110 e. The topological polar surface area (TPSA) is 9.23 Å². The first kappa shape index (κ1) is 14.1. The van der Waals surface area contributed by atoms with Crippen molar-refractivity contribution < 1.29 is 4.74 Å². The van der Waals surface area contributed by atoms with Crippen molar-refractivity contribution >= 4 is 7.28 Å². The molecule has 1 aliphatic rings. The van der Waals surface area contributed by atoms with Crippen LogP contribution in [0.5, 0.6) is 0 Å². The molecule has 0 heterocycles. The summed E-state index contributed by atoms with van der Waals surface area (Å²) in [6, 6.07) is 0. The van der Waals surface area contributed by atoms with Crippen molar-refractivity contribution in [2.75, 3.05) is 0 Å². The molecule has 0 bridgehead atoms. The fourth-order valence-corrected chi connectivity index (χ4v) is 2.71. The highest BCUT2D eigenvalue weighted by Crippen LogP contribution is 2.26. The van der Waals surface area contributed by atoms with Gasteiger partial charge in [-0.25, -0.2) is 0 Å². The zero-order valence-electron chi connectivity index (χ0n) is 11.4. The van der Waals surface area contributed by atoms with E-state index >= 15 is 0 Å². The molecule has 1 aliphatic carbocycles. The summed E-state index contributed by atoms with van der Waals surface area (Å²) in [4.78, 5) is 0. The van der Waals surface area contributed by atoms with Gasteiger partial charge >= 0.3 is 0 Å². The fourth-order valence-electron chi connectivity index (χ4n) is 2.71. The van der Waals surface area contributed by atoms with Crippen LogP contribution in [0.25, 0.3) is 0 Å². The molecule has 0 amide bonds. The molecule has 0 aliphatic heterocycles. The van der Waals surface area contributed by atoms with Crippen LogP contribution in [0.1, 0.15) is 65.2 Å². The second kappa shape index (κ2) is 8.17. The number of ether oxygens (including phenoxy) is 1. The molecule has 1 saturated carbocycles.